The molecule has 2 aromatic rings. The average molecular weight is 267 g/mol. The van der Waals surface area contributed by atoms with Crippen molar-refractivity contribution in [2.75, 3.05) is 5.32 Å². The predicted molar refractivity (Wildman–Crippen MR) is 61.2 cm³/mol. The summed E-state index contributed by atoms with van der Waals surface area (Å²) < 4.78 is 16.5. The minimum Gasteiger partial charge on any atom is -0.478 e. The van der Waals surface area contributed by atoms with Gasteiger partial charge >= 0.3 is 5.97 Å². The number of nitrogens with zero attached hydrogens (tertiary/aromatic N) is 2. The summed E-state index contributed by atoms with van der Waals surface area (Å²) in [6.07, 6.45) is 1.24. The maximum Gasteiger partial charge on any atom is 0.337 e. The van der Waals surface area contributed by atoms with Crippen molar-refractivity contribution >= 4 is 29.1 Å². The Labute approximate surface area is 104 Å². The molecule has 1 aromatic carbocycles. The molecule has 1 amide bonds. The molecule has 6 nitrogen and oxygen atoms in total. The lowest BCUT2D eigenvalue weighted by Gasteiger charge is -2.06. The van der Waals surface area contributed by atoms with Crippen molar-refractivity contribution in [2.24, 2.45) is 0 Å². The Kier molecular flexibility index (Phi) is 3.28. The summed E-state index contributed by atoms with van der Waals surface area (Å²) in [7, 11) is 0. The molecule has 0 atom stereocenters. The largest absolute Gasteiger partial charge is 0.478 e. The topological polar surface area (TPSA) is 92.2 Å². The first-order valence-corrected chi connectivity index (χ1v) is 5.47. The lowest BCUT2D eigenvalue weighted by atomic mass is 10.1. The first kappa shape index (κ1) is 12.1. The Morgan fingerprint density at radius 2 is 2.17 bits per heavy atom. The first-order chi connectivity index (χ1) is 8.58. The molecule has 8 heteroatoms. The van der Waals surface area contributed by atoms with Gasteiger partial charge in [0.15, 0.2) is 0 Å². The SMILES string of the molecule is O=C(Nc1cc(F)ccc1C(=O)O)c1cnns1. The Bertz CT molecular complexity index is 600. The van der Waals surface area contributed by atoms with E-state index < -0.39 is 17.7 Å². The van der Waals surface area contributed by atoms with Crippen molar-refractivity contribution in [1.82, 2.24) is 9.59 Å². The van der Waals surface area contributed by atoms with Crippen molar-refractivity contribution in [1.29, 1.82) is 0 Å². The highest BCUT2D eigenvalue weighted by Gasteiger charge is 2.15. The minimum absolute atomic E-state index is 0.110. The Hall–Kier alpha value is -2.35. The van der Waals surface area contributed by atoms with E-state index in [9.17, 15) is 14.0 Å². The number of amides is 1. The number of anilines is 1. The number of aromatic carboxylic acids is 1. The summed E-state index contributed by atoms with van der Waals surface area (Å²) >= 11 is 0.854. The fourth-order valence-corrected chi connectivity index (χ4v) is 1.67. The molecule has 0 aliphatic heterocycles. The number of carbonyl (C=O) groups excluding carboxylic acids is 1. The number of nitrogens with one attached hydrogen (secondary N) is 1. The van der Waals surface area contributed by atoms with Crippen LogP contribution >= 0.6 is 11.5 Å². The predicted octanol–water partition coefficient (Wildman–Crippen LogP) is 1.63. The van der Waals surface area contributed by atoms with E-state index in [1.54, 1.807) is 0 Å². The molecule has 0 fully saturated rings. The van der Waals surface area contributed by atoms with Crippen LogP contribution in [0.15, 0.2) is 24.4 Å². The highest BCUT2D eigenvalue weighted by atomic mass is 32.1. The summed E-state index contributed by atoms with van der Waals surface area (Å²) in [5.74, 6) is -2.48. The second-order valence-electron chi connectivity index (χ2n) is 3.23. The van der Waals surface area contributed by atoms with E-state index >= 15 is 0 Å². The molecule has 92 valence electrons. The van der Waals surface area contributed by atoms with Gasteiger partial charge in [0.2, 0.25) is 0 Å². The van der Waals surface area contributed by atoms with Crippen LogP contribution in [0, 0.1) is 5.82 Å². The van der Waals surface area contributed by atoms with Gasteiger partial charge in [-0.15, -0.1) is 5.10 Å². The molecule has 1 aromatic heterocycles. The third kappa shape index (κ3) is 2.48. The van der Waals surface area contributed by atoms with E-state index in [1.165, 1.54) is 6.20 Å². The lowest BCUT2D eigenvalue weighted by molar-refractivity contribution is 0.0698. The van der Waals surface area contributed by atoms with Crippen LogP contribution in [-0.4, -0.2) is 26.6 Å². The molecule has 0 saturated heterocycles. The molecule has 2 N–H and O–H groups in total. The van der Waals surface area contributed by atoms with Gasteiger partial charge in [0.05, 0.1) is 17.4 Å². The van der Waals surface area contributed by atoms with Gasteiger partial charge in [-0.05, 0) is 29.7 Å². The molecular weight excluding hydrogens is 261 g/mol. The van der Waals surface area contributed by atoms with Crippen LogP contribution in [0.3, 0.4) is 0 Å². The summed E-state index contributed by atoms with van der Waals surface area (Å²) in [4.78, 5) is 22.8. The van der Waals surface area contributed by atoms with Crippen molar-refractivity contribution in [2.45, 2.75) is 0 Å². The minimum atomic E-state index is -1.26. The number of carbonyl (C=O) groups is 2. The Morgan fingerprint density at radius 1 is 1.39 bits per heavy atom. The van der Waals surface area contributed by atoms with Gasteiger partial charge in [-0.3, -0.25) is 4.79 Å². The Morgan fingerprint density at radius 3 is 2.78 bits per heavy atom. The molecule has 0 spiro atoms. The highest BCUT2D eigenvalue weighted by Crippen LogP contribution is 2.18. The molecule has 0 bridgehead atoms. The van der Waals surface area contributed by atoms with E-state index in [1.807, 2.05) is 0 Å². The number of benzene rings is 1. The quantitative estimate of drug-likeness (QED) is 0.881. The second kappa shape index (κ2) is 4.88. The van der Waals surface area contributed by atoms with Crippen molar-refractivity contribution < 1.29 is 19.1 Å². The molecule has 0 saturated carbocycles. The number of halogens is 1. The monoisotopic (exact) mass is 267 g/mol. The van der Waals surface area contributed by atoms with Gasteiger partial charge in [-0.25, -0.2) is 9.18 Å². The zero-order valence-corrected chi connectivity index (χ0v) is 9.57. The fourth-order valence-electron chi connectivity index (χ4n) is 1.26. The molecule has 18 heavy (non-hydrogen) atoms. The van der Waals surface area contributed by atoms with Gasteiger partial charge in [-0.2, -0.15) is 0 Å². The third-order valence-electron chi connectivity index (χ3n) is 2.05. The van der Waals surface area contributed by atoms with Crippen LogP contribution in [0.5, 0.6) is 0 Å². The molecule has 0 aliphatic rings. The van der Waals surface area contributed by atoms with Crippen molar-refractivity contribution in [3.8, 4) is 0 Å². The van der Waals surface area contributed by atoms with E-state index in [0.29, 0.717) is 0 Å². The van der Waals surface area contributed by atoms with Crippen molar-refractivity contribution in [3.05, 3.63) is 40.7 Å². The normalized spacial score (nSPS) is 10.1. The maximum absolute atomic E-state index is 13.0. The van der Waals surface area contributed by atoms with Crippen LogP contribution in [-0.2, 0) is 0 Å². The van der Waals surface area contributed by atoms with Gasteiger partial charge in [0.25, 0.3) is 5.91 Å². The number of carboxylic acid groups (broad SMARTS) is 1. The Balaban J connectivity index is 2.31. The maximum atomic E-state index is 13.0. The zero-order valence-electron chi connectivity index (χ0n) is 8.75. The van der Waals surface area contributed by atoms with E-state index in [0.717, 1.165) is 29.7 Å². The van der Waals surface area contributed by atoms with Gasteiger partial charge < -0.3 is 10.4 Å². The van der Waals surface area contributed by atoms with E-state index in [2.05, 4.69) is 14.9 Å². The van der Waals surface area contributed by atoms with Crippen LogP contribution in [0.25, 0.3) is 0 Å². The number of aromatic nitrogens is 2. The van der Waals surface area contributed by atoms with E-state index in [-0.39, 0.29) is 16.1 Å². The molecule has 2 rings (SSSR count). The standard InChI is InChI=1S/C10H6FN3O3S/c11-5-1-2-6(10(16)17)7(3-5)13-9(15)8-4-12-14-18-8/h1-4H,(H,13,15)(H,16,17). The van der Waals surface area contributed by atoms with Crippen molar-refractivity contribution in [3.63, 3.8) is 0 Å². The third-order valence-corrected chi connectivity index (χ3v) is 2.71. The fraction of sp³-hybridized carbons (Fsp3) is 0. The lowest BCUT2D eigenvalue weighted by Crippen LogP contribution is -2.14. The average Bonchev–Trinajstić information content (AvgIpc) is 2.81. The summed E-state index contributed by atoms with van der Waals surface area (Å²) in [6.45, 7) is 0. The van der Waals surface area contributed by atoms with Gasteiger partial charge in [0.1, 0.15) is 10.7 Å². The molecule has 1 heterocycles. The number of carboxylic acids is 1. The van der Waals surface area contributed by atoms with Gasteiger partial charge in [-0.1, -0.05) is 4.49 Å². The number of rotatable bonds is 3. The first-order valence-electron chi connectivity index (χ1n) is 4.69. The van der Waals surface area contributed by atoms with Crippen LogP contribution in [0.4, 0.5) is 10.1 Å². The van der Waals surface area contributed by atoms with Crippen LogP contribution in [0.1, 0.15) is 20.0 Å². The molecule has 0 unspecified atom stereocenters. The van der Waals surface area contributed by atoms with Crippen LogP contribution < -0.4 is 5.32 Å². The molecular formula is C10H6FN3O3S. The molecule has 0 aliphatic carbocycles. The zero-order chi connectivity index (χ0) is 13.1. The highest BCUT2D eigenvalue weighted by molar-refractivity contribution is 7.07. The van der Waals surface area contributed by atoms with E-state index in [4.69, 9.17) is 5.11 Å². The smallest absolute Gasteiger partial charge is 0.337 e. The summed E-state index contributed by atoms with van der Waals surface area (Å²) in [5, 5.41) is 14.7. The summed E-state index contributed by atoms with van der Waals surface area (Å²) in [5.41, 5.74) is -0.303. The van der Waals surface area contributed by atoms with Gasteiger partial charge in [0, 0.05) is 0 Å². The number of hydrogen-bond acceptors (Lipinski definition) is 5. The van der Waals surface area contributed by atoms with Crippen LogP contribution in [0.2, 0.25) is 0 Å². The second-order valence-corrected chi connectivity index (χ2v) is 4.02. The number of hydrogen-bond donors (Lipinski definition) is 2. The molecule has 0 radical (unpaired) electrons. The summed E-state index contributed by atoms with van der Waals surface area (Å²) in [6, 6.07) is 3.03.